The predicted octanol–water partition coefficient (Wildman–Crippen LogP) is 3.35. The first-order valence-corrected chi connectivity index (χ1v) is 7.05. The lowest BCUT2D eigenvalue weighted by molar-refractivity contribution is 0.0257. The van der Waals surface area contributed by atoms with Crippen molar-refractivity contribution in [3.8, 4) is 0 Å². The fraction of sp³-hybridized carbons (Fsp3) is 0.222. The zero-order valence-corrected chi connectivity index (χ0v) is 11.8. The van der Waals surface area contributed by atoms with E-state index < -0.39 is 12.1 Å². The summed E-state index contributed by atoms with van der Waals surface area (Å²) in [7, 11) is 0. The van der Waals surface area contributed by atoms with Crippen LogP contribution in [0.2, 0.25) is 0 Å². The molecule has 0 aromatic heterocycles. The molecule has 0 saturated carbocycles. The molecule has 0 heterocycles. The van der Waals surface area contributed by atoms with Gasteiger partial charge in [0.25, 0.3) is 0 Å². The Bertz CT molecular complexity index is 686. The van der Waals surface area contributed by atoms with Crippen LogP contribution < -0.4 is 0 Å². The van der Waals surface area contributed by atoms with E-state index in [1.165, 1.54) is 0 Å². The number of rotatable bonds is 2. The zero-order valence-electron chi connectivity index (χ0n) is 11.8. The second-order valence-corrected chi connectivity index (χ2v) is 5.32. The highest BCUT2D eigenvalue weighted by Gasteiger charge is 2.30. The van der Waals surface area contributed by atoms with Crippen LogP contribution in [-0.2, 0) is 11.2 Å². The Labute approximate surface area is 123 Å². The van der Waals surface area contributed by atoms with Crippen LogP contribution in [0.15, 0.2) is 48.5 Å². The van der Waals surface area contributed by atoms with E-state index in [1.807, 2.05) is 37.3 Å². The van der Waals surface area contributed by atoms with Gasteiger partial charge in [-0.2, -0.15) is 0 Å². The molecule has 1 aliphatic rings. The molecule has 0 radical (unpaired) electrons. The number of ketones is 1. The van der Waals surface area contributed by atoms with Gasteiger partial charge in [0.1, 0.15) is 0 Å². The van der Waals surface area contributed by atoms with Gasteiger partial charge in [0.15, 0.2) is 6.10 Å². The highest BCUT2D eigenvalue weighted by Crippen LogP contribution is 2.23. The monoisotopic (exact) mass is 280 g/mol. The van der Waals surface area contributed by atoms with Gasteiger partial charge < -0.3 is 4.74 Å². The summed E-state index contributed by atoms with van der Waals surface area (Å²) in [5, 5.41) is 0. The molecular weight excluding hydrogens is 264 g/mol. The van der Waals surface area contributed by atoms with E-state index in [-0.39, 0.29) is 5.78 Å². The van der Waals surface area contributed by atoms with Crippen molar-refractivity contribution in [3.63, 3.8) is 0 Å². The van der Waals surface area contributed by atoms with Gasteiger partial charge in [0, 0.05) is 5.56 Å². The van der Waals surface area contributed by atoms with Gasteiger partial charge in [-0.25, -0.2) is 4.79 Å². The standard InChI is InChI=1S/C18H16O3/c1-12-6-8-14(9-7-12)18(20)21-16-11-10-13-4-2-3-5-15(13)17(16)19/h2-9,16H,10-11H2,1H3. The third-order valence-corrected chi connectivity index (χ3v) is 3.79. The smallest absolute Gasteiger partial charge is 0.338 e. The van der Waals surface area contributed by atoms with Crippen molar-refractivity contribution in [1.82, 2.24) is 0 Å². The summed E-state index contributed by atoms with van der Waals surface area (Å²) in [6, 6.07) is 14.7. The van der Waals surface area contributed by atoms with E-state index >= 15 is 0 Å². The van der Waals surface area contributed by atoms with Gasteiger partial charge in [0.2, 0.25) is 5.78 Å². The second-order valence-electron chi connectivity index (χ2n) is 5.32. The number of hydrogen-bond donors (Lipinski definition) is 0. The van der Waals surface area contributed by atoms with Crippen LogP contribution in [-0.4, -0.2) is 17.9 Å². The second kappa shape index (κ2) is 5.52. The highest BCUT2D eigenvalue weighted by atomic mass is 16.5. The molecule has 0 aliphatic heterocycles. The van der Waals surface area contributed by atoms with Gasteiger partial charge in [-0.05, 0) is 37.5 Å². The molecule has 0 N–H and O–H groups in total. The summed E-state index contributed by atoms with van der Waals surface area (Å²) in [6.45, 7) is 1.96. The van der Waals surface area contributed by atoms with E-state index in [2.05, 4.69) is 0 Å². The fourth-order valence-electron chi connectivity index (χ4n) is 2.57. The molecule has 2 aromatic carbocycles. The van der Waals surface area contributed by atoms with Crippen LogP contribution in [0.3, 0.4) is 0 Å². The van der Waals surface area contributed by atoms with Crippen molar-refractivity contribution >= 4 is 11.8 Å². The van der Waals surface area contributed by atoms with Crippen molar-refractivity contribution in [2.75, 3.05) is 0 Å². The quantitative estimate of drug-likeness (QED) is 0.792. The third kappa shape index (κ3) is 2.72. The Balaban J connectivity index is 1.76. The molecule has 0 bridgehead atoms. The van der Waals surface area contributed by atoms with Gasteiger partial charge in [-0.15, -0.1) is 0 Å². The molecule has 106 valence electrons. The largest absolute Gasteiger partial charge is 0.450 e. The number of esters is 1. The van der Waals surface area contributed by atoms with E-state index in [1.54, 1.807) is 18.2 Å². The third-order valence-electron chi connectivity index (χ3n) is 3.79. The number of hydrogen-bond acceptors (Lipinski definition) is 3. The van der Waals surface area contributed by atoms with Gasteiger partial charge in [0.05, 0.1) is 5.56 Å². The number of Topliss-reactive ketones (excluding diaryl/α,β-unsaturated/α-hetero) is 1. The lowest BCUT2D eigenvalue weighted by atomic mass is 9.89. The minimum Gasteiger partial charge on any atom is -0.450 e. The number of benzene rings is 2. The fourth-order valence-corrected chi connectivity index (χ4v) is 2.57. The molecule has 3 nitrogen and oxygen atoms in total. The van der Waals surface area contributed by atoms with Crippen LogP contribution in [0.1, 0.15) is 38.3 Å². The summed E-state index contributed by atoms with van der Waals surface area (Å²) in [4.78, 5) is 24.5. The predicted molar refractivity (Wildman–Crippen MR) is 79.5 cm³/mol. The van der Waals surface area contributed by atoms with Crippen molar-refractivity contribution in [3.05, 3.63) is 70.8 Å². The summed E-state index contributed by atoms with van der Waals surface area (Å²) in [5.41, 5.74) is 3.26. The highest BCUT2D eigenvalue weighted by molar-refractivity contribution is 6.03. The topological polar surface area (TPSA) is 43.4 Å². The molecule has 0 saturated heterocycles. The number of aryl methyl sites for hydroxylation is 2. The molecule has 21 heavy (non-hydrogen) atoms. The summed E-state index contributed by atoms with van der Waals surface area (Å²) in [6.07, 6.45) is 0.634. The van der Waals surface area contributed by atoms with E-state index in [4.69, 9.17) is 4.74 Å². The molecule has 0 spiro atoms. The molecule has 0 fully saturated rings. The van der Waals surface area contributed by atoms with Gasteiger partial charge in [-0.3, -0.25) is 4.79 Å². The summed E-state index contributed by atoms with van der Waals surface area (Å²) >= 11 is 0. The van der Waals surface area contributed by atoms with Crippen LogP contribution >= 0.6 is 0 Å². The Hall–Kier alpha value is -2.42. The van der Waals surface area contributed by atoms with Crippen LogP contribution in [0.5, 0.6) is 0 Å². The minimum atomic E-state index is -0.672. The average Bonchev–Trinajstić information content (AvgIpc) is 2.51. The first kappa shape index (κ1) is 13.6. The summed E-state index contributed by atoms with van der Waals surface area (Å²) < 4.78 is 5.40. The van der Waals surface area contributed by atoms with Gasteiger partial charge in [-0.1, -0.05) is 42.0 Å². The average molecular weight is 280 g/mol. The SMILES string of the molecule is Cc1ccc(C(=O)OC2CCc3ccccc3C2=O)cc1. The van der Waals surface area contributed by atoms with Crippen LogP contribution in [0, 0.1) is 6.92 Å². The Morgan fingerprint density at radius 1 is 1.10 bits per heavy atom. The molecule has 1 atom stereocenters. The van der Waals surface area contributed by atoms with E-state index in [9.17, 15) is 9.59 Å². The maximum atomic E-state index is 12.4. The lowest BCUT2D eigenvalue weighted by Gasteiger charge is -2.23. The Morgan fingerprint density at radius 3 is 2.57 bits per heavy atom. The molecule has 3 heteroatoms. The molecular formula is C18H16O3. The van der Waals surface area contributed by atoms with Crippen molar-refractivity contribution < 1.29 is 14.3 Å². The minimum absolute atomic E-state index is 0.0997. The van der Waals surface area contributed by atoms with Crippen molar-refractivity contribution in [1.29, 1.82) is 0 Å². The Kier molecular flexibility index (Phi) is 3.57. The molecule has 0 amide bonds. The van der Waals surface area contributed by atoms with E-state index in [0.29, 0.717) is 17.5 Å². The zero-order chi connectivity index (χ0) is 14.8. The van der Waals surface area contributed by atoms with Crippen molar-refractivity contribution in [2.45, 2.75) is 25.9 Å². The lowest BCUT2D eigenvalue weighted by Crippen LogP contribution is -2.32. The van der Waals surface area contributed by atoms with Crippen LogP contribution in [0.4, 0.5) is 0 Å². The summed E-state index contributed by atoms with van der Waals surface area (Å²) in [5.74, 6) is -0.537. The number of fused-ring (bicyclic) bond motifs is 1. The van der Waals surface area contributed by atoms with Crippen molar-refractivity contribution in [2.24, 2.45) is 0 Å². The molecule has 1 aliphatic carbocycles. The molecule has 1 unspecified atom stereocenters. The first-order valence-electron chi connectivity index (χ1n) is 7.05. The number of carbonyl (C=O) groups excluding carboxylic acids is 2. The van der Waals surface area contributed by atoms with Crippen LogP contribution in [0.25, 0.3) is 0 Å². The molecule has 3 rings (SSSR count). The normalized spacial score (nSPS) is 17.2. The van der Waals surface area contributed by atoms with E-state index in [0.717, 1.165) is 17.5 Å². The maximum absolute atomic E-state index is 12.4. The number of ether oxygens (including phenoxy) is 1. The molecule has 2 aromatic rings. The van der Waals surface area contributed by atoms with Gasteiger partial charge >= 0.3 is 5.97 Å². The first-order chi connectivity index (χ1) is 10.1. The Morgan fingerprint density at radius 2 is 1.81 bits per heavy atom. The maximum Gasteiger partial charge on any atom is 0.338 e. The number of carbonyl (C=O) groups is 2.